The van der Waals surface area contributed by atoms with E-state index in [0.717, 1.165) is 32.1 Å². The first kappa shape index (κ1) is 13.9. The van der Waals surface area contributed by atoms with Crippen molar-refractivity contribution in [2.24, 2.45) is 5.92 Å². The monoisotopic (exact) mass is 228 g/mol. The number of rotatable bonds is 9. The maximum Gasteiger partial charge on any atom is 0.0597 e. The molecule has 0 heterocycles. The first-order chi connectivity index (χ1) is 7.67. The van der Waals surface area contributed by atoms with Crippen molar-refractivity contribution < 1.29 is 5.11 Å². The van der Waals surface area contributed by atoms with Gasteiger partial charge in [-0.15, -0.1) is 0 Å². The van der Waals surface area contributed by atoms with Gasteiger partial charge in [0.15, 0.2) is 0 Å². The minimum Gasteiger partial charge on any atom is -0.395 e. The number of nitrogens with zero attached hydrogens (tertiary/aromatic N) is 1. The van der Waals surface area contributed by atoms with Gasteiger partial charge in [0, 0.05) is 25.2 Å². The van der Waals surface area contributed by atoms with Gasteiger partial charge in [0.05, 0.1) is 6.61 Å². The summed E-state index contributed by atoms with van der Waals surface area (Å²) in [4.78, 5) is 2.55. The molecule has 1 unspecified atom stereocenters. The highest BCUT2D eigenvalue weighted by Crippen LogP contribution is 2.27. The maximum atomic E-state index is 9.35. The molecule has 0 aromatic carbocycles. The zero-order chi connectivity index (χ0) is 12.0. The Kier molecular flexibility index (Phi) is 6.32. The van der Waals surface area contributed by atoms with Gasteiger partial charge < -0.3 is 10.4 Å². The zero-order valence-electron chi connectivity index (χ0n) is 11.1. The molecule has 0 aliphatic heterocycles. The Balaban J connectivity index is 2.32. The summed E-state index contributed by atoms with van der Waals surface area (Å²) >= 11 is 0. The van der Waals surface area contributed by atoms with Gasteiger partial charge in [-0.2, -0.15) is 0 Å². The summed E-state index contributed by atoms with van der Waals surface area (Å²) in [6.45, 7) is 10.1. The number of hydrogen-bond acceptors (Lipinski definition) is 3. The van der Waals surface area contributed by atoms with E-state index in [1.165, 1.54) is 12.8 Å². The largest absolute Gasteiger partial charge is 0.395 e. The van der Waals surface area contributed by atoms with Crippen LogP contribution in [0.5, 0.6) is 0 Å². The molecule has 1 aliphatic carbocycles. The Hall–Kier alpha value is -0.120. The molecule has 96 valence electrons. The summed E-state index contributed by atoms with van der Waals surface area (Å²) in [5.74, 6) is 0.714. The van der Waals surface area contributed by atoms with Crippen LogP contribution in [-0.2, 0) is 0 Å². The van der Waals surface area contributed by atoms with Crippen LogP contribution in [0.4, 0.5) is 0 Å². The topological polar surface area (TPSA) is 35.5 Å². The first-order valence-electron chi connectivity index (χ1n) is 6.75. The Morgan fingerprint density at radius 1 is 1.31 bits per heavy atom. The van der Waals surface area contributed by atoms with E-state index in [2.05, 4.69) is 31.0 Å². The SMILES string of the molecule is CCCNC(CO)CN(CC(C)C)C1CC1. The van der Waals surface area contributed by atoms with E-state index in [4.69, 9.17) is 0 Å². The van der Waals surface area contributed by atoms with Gasteiger partial charge in [0.1, 0.15) is 0 Å². The summed E-state index contributed by atoms with van der Waals surface area (Å²) < 4.78 is 0. The van der Waals surface area contributed by atoms with Gasteiger partial charge >= 0.3 is 0 Å². The lowest BCUT2D eigenvalue weighted by molar-refractivity contribution is 0.164. The number of nitrogens with one attached hydrogen (secondary N) is 1. The van der Waals surface area contributed by atoms with Crippen molar-refractivity contribution in [3.05, 3.63) is 0 Å². The van der Waals surface area contributed by atoms with E-state index in [-0.39, 0.29) is 12.6 Å². The second-order valence-corrected chi connectivity index (χ2v) is 5.41. The van der Waals surface area contributed by atoms with Gasteiger partial charge in [-0.3, -0.25) is 4.90 Å². The lowest BCUT2D eigenvalue weighted by atomic mass is 10.2. The van der Waals surface area contributed by atoms with Crippen LogP contribution in [0.25, 0.3) is 0 Å². The summed E-state index contributed by atoms with van der Waals surface area (Å²) in [5, 5.41) is 12.8. The van der Waals surface area contributed by atoms with E-state index in [1.54, 1.807) is 0 Å². The van der Waals surface area contributed by atoms with Gasteiger partial charge in [-0.05, 0) is 31.7 Å². The number of aliphatic hydroxyl groups is 1. The molecule has 2 N–H and O–H groups in total. The van der Waals surface area contributed by atoms with E-state index >= 15 is 0 Å². The standard InChI is InChI=1S/C13H28N2O/c1-4-7-14-12(10-16)9-15(8-11(2)3)13-5-6-13/h11-14,16H,4-10H2,1-3H3. The summed E-state index contributed by atoms with van der Waals surface area (Å²) in [7, 11) is 0. The number of hydrogen-bond donors (Lipinski definition) is 2. The Morgan fingerprint density at radius 2 is 2.00 bits per heavy atom. The first-order valence-corrected chi connectivity index (χ1v) is 6.75. The highest BCUT2D eigenvalue weighted by molar-refractivity contribution is 4.87. The highest BCUT2D eigenvalue weighted by Gasteiger charge is 2.30. The lowest BCUT2D eigenvalue weighted by Gasteiger charge is -2.28. The van der Waals surface area contributed by atoms with Crippen LogP contribution in [-0.4, -0.2) is 48.3 Å². The molecule has 0 radical (unpaired) electrons. The molecular formula is C13H28N2O. The average Bonchev–Trinajstić information content (AvgIpc) is 3.05. The molecule has 1 saturated carbocycles. The van der Waals surface area contributed by atoms with E-state index in [1.807, 2.05) is 0 Å². The molecule has 0 saturated heterocycles. The Morgan fingerprint density at radius 3 is 2.44 bits per heavy atom. The fourth-order valence-electron chi connectivity index (χ4n) is 2.10. The van der Waals surface area contributed by atoms with Gasteiger partial charge in [-0.1, -0.05) is 20.8 Å². The van der Waals surface area contributed by atoms with E-state index < -0.39 is 0 Å². The van der Waals surface area contributed by atoms with Crippen molar-refractivity contribution >= 4 is 0 Å². The predicted molar refractivity (Wildman–Crippen MR) is 68.6 cm³/mol. The molecule has 1 rings (SSSR count). The fraction of sp³-hybridized carbons (Fsp3) is 1.00. The van der Waals surface area contributed by atoms with E-state index in [0.29, 0.717) is 5.92 Å². The fourth-order valence-corrected chi connectivity index (χ4v) is 2.10. The molecule has 1 fully saturated rings. The summed E-state index contributed by atoms with van der Waals surface area (Å²) in [5.41, 5.74) is 0. The highest BCUT2D eigenvalue weighted by atomic mass is 16.3. The average molecular weight is 228 g/mol. The third-order valence-corrected chi connectivity index (χ3v) is 3.02. The van der Waals surface area contributed by atoms with Crippen molar-refractivity contribution in [2.75, 3.05) is 26.2 Å². The van der Waals surface area contributed by atoms with Crippen molar-refractivity contribution in [3.63, 3.8) is 0 Å². The third-order valence-electron chi connectivity index (χ3n) is 3.02. The van der Waals surface area contributed by atoms with Crippen LogP contribution in [0.2, 0.25) is 0 Å². The molecule has 1 aliphatic rings. The van der Waals surface area contributed by atoms with Crippen LogP contribution in [0, 0.1) is 5.92 Å². The van der Waals surface area contributed by atoms with Crippen LogP contribution < -0.4 is 5.32 Å². The van der Waals surface area contributed by atoms with Crippen LogP contribution in [0.15, 0.2) is 0 Å². The second kappa shape index (κ2) is 7.25. The lowest BCUT2D eigenvalue weighted by Crippen LogP contribution is -2.45. The smallest absolute Gasteiger partial charge is 0.0597 e. The molecule has 0 amide bonds. The van der Waals surface area contributed by atoms with Crippen LogP contribution in [0.3, 0.4) is 0 Å². The third kappa shape index (κ3) is 5.28. The minimum atomic E-state index is 0.249. The molecule has 0 aromatic rings. The maximum absolute atomic E-state index is 9.35. The molecule has 3 nitrogen and oxygen atoms in total. The summed E-state index contributed by atoms with van der Waals surface area (Å²) in [6.07, 6.45) is 3.82. The van der Waals surface area contributed by atoms with Crippen LogP contribution >= 0.6 is 0 Å². The quantitative estimate of drug-likeness (QED) is 0.627. The minimum absolute atomic E-state index is 0.249. The molecular weight excluding hydrogens is 200 g/mol. The molecule has 1 atom stereocenters. The molecule has 0 bridgehead atoms. The van der Waals surface area contributed by atoms with Crippen LogP contribution in [0.1, 0.15) is 40.0 Å². The zero-order valence-corrected chi connectivity index (χ0v) is 11.1. The van der Waals surface area contributed by atoms with Gasteiger partial charge in [-0.25, -0.2) is 0 Å². The predicted octanol–water partition coefficient (Wildman–Crippen LogP) is 1.47. The van der Waals surface area contributed by atoms with Crippen molar-refractivity contribution in [1.82, 2.24) is 10.2 Å². The normalized spacial score (nSPS) is 18.4. The molecule has 0 aromatic heterocycles. The summed E-state index contributed by atoms with van der Waals surface area (Å²) in [6, 6.07) is 1.04. The second-order valence-electron chi connectivity index (χ2n) is 5.41. The Labute approximate surface area is 100 Å². The molecule has 3 heteroatoms. The van der Waals surface area contributed by atoms with Crippen molar-refractivity contribution in [3.8, 4) is 0 Å². The van der Waals surface area contributed by atoms with Gasteiger partial charge in [0.2, 0.25) is 0 Å². The van der Waals surface area contributed by atoms with Crippen molar-refractivity contribution in [2.45, 2.75) is 52.1 Å². The molecule has 0 spiro atoms. The number of aliphatic hydroxyl groups excluding tert-OH is 1. The van der Waals surface area contributed by atoms with Gasteiger partial charge in [0.25, 0.3) is 0 Å². The Bertz CT molecular complexity index is 181. The van der Waals surface area contributed by atoms with E-state index in [9.17, 15) is 5.11 Å². The van der Waals surface area contributed by atoms with Crippen molar-refractivity contribution in [1.29, 1.82) is 0 Å². The molecule has 16 heavy (non-hydrogen) atoms.